The fourth-order valence-electron chi connectivity index (χ4n) is 2.86. The van der Waals surface area contributed by atoms with Crippen molar-refractivity contribution < 1.29 is 4.79 Å². The average Bonchev–Trinajstić information content (AvgIpc) is 2.92. The van der Waals surface area contributed by atoms with Crippen molar-refractivity contribution in [2.45, 2.75) is 25.4 Å². The van der Waals surface area contributed by atoms with Crippen molar-refractivity contribution in [1.29, 1.82) is 0 Å². The zero-order chi connectivity index (χ0) is 17.1. The van der Waals surface area contributed by atoms with Gasteiger partial charge in [-0.2, -0.15) is 0 Å². The van der Waals surface area contributed by atoms with Gasteiger partial charge in [-0.15, -0.1) is 11.8 Å². The Morgan fingerprint density at radius 2 is 1.67 bits per heavy atom. The van der Waals surface area contributed by atoms with E-state index in [0.717, 1.165) is 34.0 Å². The highest BCUT2D eigenvalue weighted by Gasteiger charge is 2.19. The standard InChI is InChI=1S/C21H21NOS/c1-15-9-11-18(12-10-15)20(23)19-13-16(2)22(21(19)24-3)14-17-7-5-4-6-8-17/h4-13H,14H2,1-3H3. The van der Waals surface area contributed by atoms with Crippen LogP contribution in [0.15, 0.2) is 65.7 Å². The minimum atomic E-state index is 0.0919. The van der Waals surface area contributed by atoms with Crippen molar-refractivity contribution in [2.75, 3.05) is 6.26 Å². The van der Waals surface area contributed by atoms with E-state index in [1.54, 1.807) is 11.8 Å². The lowest BCUT2D eigenvalue weighted by Crippen LogP contribution is -2.06. The molecule has 1 aromatic heterocycles. The van der Waals surface area contributed by atoms with Crippen LogP contribution in [-0.4, -0.2) is 16.6 Å². The van der Waals surface area contributed by atoms with Gasteiger partial charge in [0.2, 0.25) is 0 Å². The summed E-state index contributed by atoms with van der Waals surface area (Å²) in [5, 5.41) is 1.03. The molecule has 1 heterocycles. The molecule has 2 aromatic carbocycles. The largest absolute Gasteiger partial charge is 0.335 e. The van der Waals surface area contributed by atoms with Crippen molar-refractivity contribution in [3.05, 3.63) is 88.6 Å². The maximum absolute atomic E-state index is 12.9. The van der Waals surface area contributed by atoms with Gasteiger partial charge in [-0.25, -0.2) is 0 Å². The lowest BCUT2D eigenvalue weighted by Gasteiger charge is -2.11. The number of aromatic nitrogens is 1. The molecule has 0 unspecified atom stereocenters. The maximum Gasteiger partial charge on any atom is 0.195 e. The van der Waals surface area contributed by atoms with Gasteiger partial charge in [0.15, 0.2) is 5.78 Å². The highest BCUT2D eigenvalue weighted by molar-refractivity contribution is 7.98. The molecule has 0 spiro atoms. The molecule has 3 aromatic rings. The summed E-state index contributed by atoms with van der Waals surface area (Å²) in [6.45, 7) is 4.88. The second kappa shape index (κ2) is 7.10. The van der Waals surface area contributed by atoms with E-state index in [2.05, 4.69) is 23.6 Å². The zero-order valence-corrected chi connectivity index (χ0v) is 15.1. The third-order valence-electron chi connectivity index (χ3n) is 4.19. The van der Waals surface area contributed by atoms with E-state index >= 15 is 0 Å². The van der Waals surface area contributed by atoms with Crippen molar-refractivity contribution >= 4 is 17.5 Å². The Hall–Kier alpha value is -2.26. The second-order valence-electron chi connectivity index (χ2n) is 5.98. The topological polar surface area (TPSA) is 22.0 Å². The van der Waals surface area contributed by atoms with E-state index < -0.39 is 0 Å². The molecule has 0 atom stereocenters. The Bertz CT molecular complexity index is 848. The van der Waals surface area contributed by atoms with E-state index in [-0.39, 0.29) is 5.78 Å². The number of carbonyl (C=O) groups is 1. The maximum atomic E-state index is 12.9. The van der Waals surface area contributed by atoms with Gasteiger partial charge in [0.1, 0.15) is 0 Å². The van der Waals surface area contributed by atoms with Crippen molar-refractivity contribution in [3.63, 3.8) is 0 Å². The summed E-state index contributed by atoms with van der Waals surface area (Å²) < 4.78 is 2.22. The van der Waals surface area contributed by atoms with Crippen LogP contribution in [0, 0.1) is 13.8 Å². The van der Waals surface area contributed by atoms with Gasteiger partial charge in [-0.05, 0) is 31.7 Å². The Kier molecular flexibility index (Phi) is 4.91. The summed E-state index contributed by atoms with van der Waals surface area (Å²) in [5.41, 5.74) is 5.04. The number of benzene rings is 2. The monoisotopic (exact) mass is 335 g/mol. The molecule has 2 nitrogen and oxygen atoms in total. The van der Waals surface area contributed by atoms with Crippen LogP contribution in [0.25, 0.3) is 0 Å². The molecule has 122 valence electrons. The molecule has 24 heavy (non-hydrogen) atoms. The predicted molar refractivity (Wildman–Crippen MR) is 101 cm³/mol. The quantitative estimate of drug-likeness (QED) is 0.478. The van der Waals surface area contributed by atoms with Crippen LogP contribution in [-0.2, 0) is 6.54 Å². The summed E-state index contributed by atoms with van der Waals surface area (Å²) >= 11 is 1.63. The van der Waals surface area contributed by atoms with Crippen LogP contribution in [0.2, 0.25) is 0 Å². The van der Waals surface area contributed by atoms with Gasteiger partial charge < -0.3 is 4.57 Å². The zero-order valence-electron chi connectivity index (χ0n) is 14.2. The minimum Gasteiger partial charge on any atom is -0.335 e. The van der Waals surface area contributed by atoms with E-state index in [4.69, 9.17) is 0 Å². The van der Waals surface area contributed by atoms with Crippen molar-refractivity contribution in [1.82, 2.24) is 4.57 Å². The fraction of sp³-hybridized carbons (Fsp3) is 0.190. The highest BCUT2D eigenvalue weighted by atomic mass is 32.2. The molecule has 0 bridgehead atoms. The second-order valence-corrected chi connectivity index (χ2v) is 6.77. The third kappa shape index (κ3) is 3.31. The molecule has 0 aliphatic rings. The number of carbonyl (C=O) groups excluding carboxylic acids is 1. The number of thioether (sulfide) groups is 1. The van der Waals surface area contributed by atoms with E-state index in [0.29, 0.717) is 0 Å². The van der Waals surface area contributed by atoms with Gasteiger partial charge in [0, 0.05) is 17.8 Å². The molecule has 0 saturated heterocycles. The number of hydrogen-bond acceptors (Lipinski definition) is 2. The molecule has 0 amide bonds. The van der Waals surface area contributed by atoms with E-state index in [1.165, 1.54) is 5.56 Å². The van der Waals surface area contributed by atoms with Gasteiger partial charge in [-0.3, -0.25) is 4.79 Å². The number of rotatable bonds is 5. The number of nitrogens with zero attached hydrogens (tertiary/aromatic N) is 1. The van der Waals surface area contributed by atoms with Gasteiger partial charge >= 0.3 is 0 Å². The molecule has 0 N–H and O–H groups in total. The Balaban J connectivity index is 1.99. The lowest BCUT2D eigenvalue weighted by molar-refractivity contribution is 0.103. The van der Waals surface area contributed by atoms with Crippen LogP contribution in [0.5, 0.6) is 0 Å². The summed E-state index contributed by atoms with van der Waals surface area (Å²) in [6.07, 6.45) is 2.03. The Labute approximate surface area is 147 Å². The lowest BCUT2D eigenvalue weighted by atomic mass is 10.0. The normalized spacial score (nSPS) is 10.8. The first-order valence-electron chi connectivity index (χ1n) is 7.99. The molecular formula is C21H21NOS. The van der Waals surface area contributed by atoms with Crippen LogP contribution >= 0.6 is 11.8 Å². The SMILES string of the molecule is CSc1c(C(=O)c2ccc(C)cc2)cc(C)n1Cc1ccccc1. The summed E-state index contributed by atoms with van der Waals surface area (Å²) in [6, 6.07) is 20.1. The predicted octanol–water partition coefficient (Wildman–Crippen LogP) is 5.11. The van der Waals surface area contributed by atoms with Crippen molar-refractivity contribution in [3.8, 4) is 0 Å². The van der Waals surface area contributed by atoms with Crippen LogP contribution in [0.4, 0.5) is 0 Å². The summed E-state index contributed by atoms with van der Waals surface area (Å²) in [4.78, 5) is 12.9. The first kappa shape index (κ1) is 16.6. The van der Waals surface area contributed by atoms with Crippen LogP contribution in [0.1, 0.15) is 32.7 Å². The van der Waals surface area contributed by atoms with Gasteiger partial charge in [0.05, 0.1) is 10.6 Å². The molecule has 0 saturated carbocycles. The molecule has 0 aliphatic heterocycles. The average molecular weight is 335 g/mol. The first-order chi connectivity index (χ1) is 11.6. The smallest absolute Gasteiger partial charge is 0.195 e. The molecular weight excluding hydrogens is 314 g/mol. The number of ketones is 1. The van der Waals surface area contributed by atoms with Gasteiger partial charge in [0.25, 0.3) is 0 Å². The minimum absolute atomic E-state index is 0.0919. The molecule has 0 fully saturated rings. The molecule has 0 aliphatic carbocycles. The first-order valence-corrected chi connectivity index (χ1v) is 9.22. The molecule has 3 heteroatoms. The Morgan fingerprint density at radius 1 is 1.00 bits per heavy atom. The fourth-order valence-corrected chi connectivity index (χ4v) is 3.66. The number of hydrogen-bond donors (Lipinski definition) is 0. The summed E-state index contributed by atoms with van der Waals surface area (Å²) in [5.74, 6) is 0.0919. The number of aryl methyl sites for hydroxylation is 2. The molecule has 3 rings (SSSR count). The highest BCUT2D eigenvalue weighted by Crippen LogP contribution is 2.28. The molecule has 0 radical (unpaired) electrons. The van der Waals surface area contributed by atoms with E-state index in [9.17, 15) is 4.79 Å². The summed E-state index contributed by atoms with van der Waals surface area (Å²) in [7, 11) is 0. The third-order valence-corrected chi connectivity index (χ3v) is 5.02. The van der Waals surface area contributed by atoms with Crippen LogP contribution < -0.4 is 0 Å². The van der Waals surface area contributed by atoms with Crippen molar-refractivity contribution in [2.24, 2.45) is 0 Å². The Morgan fingerprint density at radius 3 is 2.29 bits per heavy atom. The van der Waals surface area contributed by atoms with Gasteiger partial charge in [-0.1, -0.05) is 60.2 Å². The van der Waals surface area contributed by atoms with Crippen LogP contribution in [0.3, 0.4) is 0 Å². The van der Waals surface area contributed by atoms with E-state index in [1.807, 2.05) is 61.7 Å².